The molecule has 110 valence electrons. The molecule has 0 aromatic heterocycles. The highest BCUT2D eigenvalue weighted by atomic mass is 19.1. The summed E-state index contributed by atoms with van der Waals surface area (Å²) in [4.78, 5) is 9.94. The number of nitro benzene ring substituents is 1. The van der Waals surface area contributed by atoms with Gasteiger partial charge in [0.25, 0.3) is 0 Å². The van der Waals surface area contributed by atoms with Crippen LogP contribution in [0.1, 0.15) is 17.2 Å². The van der Waals surface area contributed by atoms with Crippen LogP contribution in [0.3, 0.4) is 0 Å². The lowest BCUT2D eigenvalue weighted by molar-refractivity contribution is -0.387. The highest BCUT2D eigenvalue weighted by Crippen LogP contribution is 2.21. The molecule has 2 aromatic rings. The Hall–Kier alpha value is -2.31. The van der Waals surface area contributed by atoms with Crippen molar-refractivity contribution in [1.82, 2.24) is 5.32 Å². The van der Waals surface area contributed by atoms with Gasteiger partial charge in [-0.05, 0) is 5.56 Å². The second-order valence-electron chi connectivity index (χ2n) is 4.53. The molecule has 2 rings (SSSR count). The summed E-state index contributed by atoms with van der Waals surface area (Å²) in [5.74, 6) is -0.847. The van der Waals surface area contributed by atoms with Crippen LogP contribution in [-0.4, -0.2) is 16.6 Å². The Morgan fingerprint density at radius 1 is 1.19 bits per heavy atom. The number of aliphatic hydroxyl groups is 1. The van der Waals surface area contributed by atoms with Gasteiger partial charge in [0.15, 0.2) is 0 Å². The molecule has 0 radical (unpaired) electrons. The zero-order chi connectivity index (χ0) is 15.2. The molecule has 0 heterocycles. The van der Waals surface area contributed by atoms with Crippen molar-refractivity contribution in [3.63, 3.8) is 0 Å². The van der Waals surface area contributed by atoms with Crippen LogP contribution in [0.4, 0.5) is 10.1 Å². The van der Waals surface area contributed by atoms with Gasteiger partial charge in [0, 0.05) is 18.2 Å². The Morgan fingerprint density at radius 3 is 2.52 bits per heavy atom. The van der Waals surface area contributed by atoms with Crippen molar-refractivity contribution >= 4 is 5.69 Å². The van der Waals surface area contributed by atoms with E-state index in [1.54, 1.807) is 0 Å². The minimum absolute atomic E-state index is 0.0909. The van der Waals surface area contributed by atoms with E-state index in [9.17, 15) is 19.6 Å². The predicted octanol–water partition coefficient (Wildman–Crippen LogP) is 2.56. The van der Waals surface area contributed by atoms with Crippen molar-refractivity contribution in [3.8, 4) is 0 Å². The summed E-state index contributed by atoms with van der Waals surface area (Å²) in [6.45, 7) is -0.0613. The third kappa shape index (κ3) is 3.62. The van der Waals surface area contributed by atoms with Crippen molar-refractivity contribution in [2.24, 2.45) is 0 Å². The Kier molecular flexibility index (Phi) is 4.97. The van der Waals surface area contributed by atoms with Crippen molar-refractivity contribution < 1.29 is 14.4 Å². The maximum absolute atomic E-state index is 13.9. The summed E-state index contributed by atoms with van der Waals surface area (Å²) in [6.07, 6.45) is 0. The van der Waals surface area contributed by atoms with Crippen LogP contribution in [0.5, 0.6) is 0 Å². The highest BCUT2D eigenvalue weighted by Gasteiger charge is 2.18. The maximum atomic E-state index is 13.9. The van der Waals surface area contributed by atoms with Gasteiger partial charge in [-0.25, -0.2) is 0 Å². The van der Waals surface area contributed by atoms with Gasteiger partial charge in [-0.2, -0.15) is 4.39 Å². The van der Waals surface area contributed by atoms with E-state index in [0.717, 1.165) is 11.6 Å². The fraction of sp³-hybridized carbons (Fsp3) is 0.200. The lowest BCUT2D eigenvalue weighted by Gasteiger charge is -2.17. The van der Waals surface area contributed by atoms with Crippen molar-refractivity contribution in [1.29, 1.82) is 0 Å². The van der Waals surface area contributed by atoms with Crippen LogP contribution in [-0.2, 0) is 6.54 Å². The van der Waals surface area contributed by atoms with Crippen LogP contribution in [0.2, 0.25) is 0 Å². The topological polar surface area (TPSA) is 75.4 Å². The van der Waals surface area contributed by atoms with Gasteiger partial charge < -0.3 is 10.4 Å². The van der Waals surface area contributed by atoms with Gasteiger partial charge in [0.1, 0.15) is 0 Å². The quantitative estimate of drug-likeness (QED) is 0.633. The Bertz CT molecular complexity index is 620. The number of rotatable bonds is 6. The van der Waals surface area contributed by atoms with Crippen LogP contribution in [0.15, 0.2) is 48.5 Å². The van der Waals surface area contributed by atoms with E-state index in [4.69, 9.17) is 0 Å². The first-order valence-electron chi connectivity index (χ1n) is 6.44. The Labute approximate surface area is 121 Å². The maximum Gasteiger partial charge on any atom is 0.305 e. The first-order valence-corrected chi connectivity index (χ1v) is 6.44. The molecule has 0 saturated heterocycles. The van der Waals surface area contributed by atoms with Gasteiger partial charge >= 0.3 is 5.69 Å². The molecule has 0 amide bonds. The standard InChI is InChI=1S/C15H15FN2O3/c16-15-12(7-4-8-14(15)18(20)21)9-17-13(10-19)11-5-2-1-3-6-11/h1-8,13,17,19H,9-10H2. The SMILES string of the molecule is O=[N+]([O-])c1cccc(CNC(CO)c2ccccc2)c1F. The monoisotopic (exact) mass is 290 g/mol. The molecule has 1 unspecified atom stereocenters. The normalized spacial score (nSPS) is 12.1. The van der Waals surface area contributed by atoms with Gasteiger partial charge in [-0.15, -0.1) is 0 Å². The predicted molar refractivity (Wildman–Crippen MR) is 76.2 cm³/mol. The fourth-order valence-electron chi connectivity index (χ4n) is 2.05. The molecular weight excluding hydrogens is 275 g/mol. The van der Waals surface area contributed by atoms with E-state index in [1.807, 2.05) is 30.3 Å². The fourth-order valence-corrected chi connectivity index (χ4v) is 2.05. The van der Waals surface area contributed by atoms with E-state index >= 15 is 0 Å². The average molecular weight is 290 g/mol. The molecular formula is C15H15FN2O3. The van der Waals surface area contributed by atoms with E-state index in [0.29, 0.717) is 0 Å². The van der Waals surface area contributed by atoms with Crippen molar-refractivity contribution in [3.05, 3.63) is 75.6 Å². The number of nitrogens with one attached hydrogen (secondary N) is 1. The first kappa shape index (κ1) is 15.1. The minimum Gasteiger partial charge on any atom is -0.394 e. The van der Waals surface area contributed by atoms with E-state index in [2.05, 4.69) is 5.32 Å². The zero-order valence-electron chi connectivity index (χ0n) is 11.2. The molecule has 6 heteroatoms. The molecule has 1 atom stereocenters. The van der Waals surface area contributed by atoms with Crippen LogP contribution < -0.4 is 5.32 Å². The number of aliphatic hydroxyl groups excluding tert-OH is 1. The smallest absolute Gasteiger partial charge is 0.305 e. The molecule has 2 aromatic carbocycles. The second kappa shape index (κ2) is 6.92. The minimum atomic E-state index is -0.847. The number of nitro groups is 1. The summed E-state index contributed by atoms with van der Waals surface area (Å²) in [5.41, 5.74) is 0.513. The largest absolute Gasteiger partial charge is 0.394 e. The summed E-state index contributed by atoms with van der Waals surface area (Å²) >= 11 is 0. The average Bonchev–Trinajstić information content (AvgIpc) is 2.50. The molecule has 0 aliphatic carbocycles. The van der Waals surface area contributed by atoms with Crippen LogP contribution in [0.25, 0.3) is 0 Å². The molecule has 0 bridgehead atoms. The summed E-state index contributed by atoms with van der Waals surface area (Å²) in [7, 11) is 0. The molecule has 0 aliphatic heterocycles. The molecule has 21 heavy (non-hydrogen) atoms. The number of nitrogens with zero attached hydrogens (tertiary/aromatic N) is 1. The molecule has 5 nitrogen and oxygen atoms in total. The van der Waals surface area contributed by atoms with Gasteiger partial charge in [0.05, 0.1) is 17.6 Å². The van der Waals surface area contributed by atoms with E-state index in [1.165, 1.54) is 12.1 Å². The van der Waals surface area contributed by atoms with E-state index < -0.39 is 16.4 Å². The van der Waals surface area contributed by atoms with Crippen LogP contribution >= 0.6 is 0 Å². The second-order valence-corrected chi connectivity index (χ2v) is 4.53. The number of benzene rings is 2. The van der Waals surface area contributed by atoms with Gasteiger partial charge in [0.2, 0.25) is 5.82 Å². The molecule has 2 N–H and O–H groups in total. The van der Waals surface area contributed by atoms with Gasteiger partial charge in [-0.3, -0.25) is 10.1 Å². The lowest BCUT2D eigenvalue weighted by atomic mass is 10.1. The summed E-state index contributed by atoms with van der Waals surface area (Å²) < 4.78 is 13.9. The Morgan fingerprint density at radius 2 is 1.90 bits per heavy atom. The highest BCUT2D eigenvalue weighted by molar-refractivity contribution is 5.36. The molecule has 0 aliphatic rings. The van der Waals surface area contributed by atoms with Crippen molar-refractivity contribution in [2.45, 2.75) is 12.6 Å². The third-order valence-corrected chi connectivity index (χ3v) is 3.18. The van der Waals surface area contributed by atoms with Gasteiger partial charge in [-0.1, -0.05) is 42.5 Å². The molecule has 0 fully saturated rings. The lowest BCUT2D eigenvalue weighted by Crippen LogP contribution is -2.24. The van der Waals surface area contributed by atoms with E-state index in [-0.39, 0.29) is 24.8 Å². The molecule has 0 saturated carbocycles. The first-order chi connectivity index (χ1) is 10.1. The number of hydrogen-bond acceptors (Lipinski definition) is 4. The molecule has 0 spiro atoms. The Balaban J connectivity index is 2.12. The summed E-state index contributed by atoms with van der Waals surface area (Å²) in [5, 5.41) is 23.1. The number of hydrogen-bond donors (Lipinski definition) is 2. The van der Waals surface area contributed by atoms with Crippen molar-refractivity contribution in [2.75, 3.05) is 6.61 Å². The summed E-state index contributed by atoms with van der Waals surface area (Å²) in [6, 6.07) is 12.9. The number of halogens is 1. The zero-order valence-corrected chi connectivity index (χ0v) is 11.2. The third-order valence-electron chi connectivity index (χ3n) is 3.18. The van der Waals surface area contributed by atoms with Crippen LogP contribution in [0, 0.1) is 15.9 Å².